The molecule has 0 unspecified atom stereocenters. The van der Waals surface area contributed by atoms with Gasteiger partial charge in [-0.15, -0.1) is 11.3 Å². The molecule has 136 valence electrons. The number of hydrogen-bond acceptors (Lipinski definition) is 5. The zero-order chi connectivity index (χ0) is 18.5. The molecule has 2 heterocycles. The Bertz CT molecular complexity index is 921. The van der Waals surface area contributed by atoms with Gasteiger partial charge < -0.3 is 10.1 Å². The summed E-state index contributed by atoms with van der Waals surface area (Å²) in [6.07, 6.45) is 0. The van der Waals surface area contributed by atoms with Crippen LogP contribution in [0.25, 0.3) is 10.7 Å². The van der Waals surface area contributed by atoms with Crippen molar-refractivity contribution in [1.29, 1.82) is 0 Å². The van der Waals surface area contributed by atoms with E-state index in [0.29, 0.717) is 10.6 Å². The minimum absolute atomic E-state index is 0.0230. The number of benzene rings is 1. The first-order valence-corrected chi connectivity index (χ1v) is 8.81. The molecule has 0 aliphatic carbocycles. The highest BCUT2D eigenvalue weighted by molar-refractivity contribution is 7.71. The minimum atomic E-state index is -2.86. The lowest BCUT2D eigenvalue weighted by atomic mass is 10.2. The SMILES string of the molecule is O=C(Cn1c(-c2cccs2)n[nH]c1=S)NCc1ccc(OC(F)F)cc1. The number of nitrogens with zero attached hydrogens (tertiary/aromatic N) is 2. The maximum absolute atomic E-state index is 12.2. The summed E-state index contributed by atoms with van der Waals surface area (Å²) in [4.78, 5) is 13.1. The number of alkyl halides is 2. The molecule has 2 N–H and O–H groups in total. The number of halogens is 2. The highest BCUT2D eigenvalue weighted by Gasteiger charge is 2.13. The number of aromatic nitrogens is 3. The predicted molar refractivity (Wildman–Crippen MR) is 95.6 cm³/mol. The molecule has 0 atom stereocenters. The van der Waals surface area contributed by atoms with Crippen LogP contribution >= 0.6 is 23.6 Å². The standard InChI is InChI=1S/C16H14F2N4O2S2/c17-15(18)24-11-5-3-10(4-6-11)8-19-13(23)9-22-14(20-21-16(22)25)12-2-1-7-26-12/h1-7,15H,8-9H2,(H,19,23)(H,21,25). The van der Waals surface area contributed by atoms with Crippen molar-refractivity contribution in [3.63, 3.8) is 0 Å². The van der Waals surface area contributed by atoms with Gasteiger partial charge in [-0.1, -0.05) is 18.2 Å². The van der Waals surface area contributed by atoms with Crippen molar-refractivity contribution in [2.75, 3.05) is 0 Å². The number of thiophene rings is 1. The molecule has 0 radical (unpaired) electrons. The molecule has 0 aliphatic rings. The fraction of sp³-hybridized carbons (Fsp3) is 0.188. The van der Waals surface area contributed by atoms with E-state index in [9.17, 15) is 13.6 Å². The molecule has 0 spiro atoms. The number of carbonyl (C=O) groups is 1. The topological polar surface area (TPSA) is 71.9 Å². The Hall–Kier alpha value is -2.59. The Kier molecular flexibility index (Phi) is 5.74. The Morgan fingerprint density at radius 3 is 2.77 bits per heavy atom. The molecule has 10 heteroatoms. The molecule has 1 amide bonds. The summed E-state index contributed by atoms with van der Waals surface area (Å²) in [5.41, 5.74) is 0.759. The third-order valence-electron chi connectivity index (χ3n) is 3.44. The summed E-state index contributed by atoms with van der Waals surface area (Å²) in [7, 11) is 0. The van der Waals surface area contributed by atoms with Gasteiger partial charge in [0.15, 0.2) is 10.6 Å². The first-order valence-electron chi connectivity index (χ1n) is 7.52. The van der Waals surface area contributed by atoms with Crippen LogP contribution in [0.3, 0.4) is 0 Å². The number of carbonyl (C=O) groups excluding carboxylic acids is 1. The van der Waals surface area contributed by atoms with Gasteiger partial charge in [-0.2, -0.15) is 13.9 Å². The van der Waals surface area contributed by atoms with E-state index >= 15 is 0 Å². The molecule has 0 saturated carbocycles. The maximum Gasteiger partial charge on any atom is 0.387 e. The van der Waals surface area contributed by atoms with Gasteiger partial charge in [0.05, 0.1) is 4.88 Å². The zero-order valence-corrected chi connectivity index (χ0v) is 14.9. The smallest absolute Gasteiger partial charge is 0.387 e. The van der Waals surface area contributed by atoms with E-state index in [1.165, 1.54) is 23.5 Å². The highest BCUT2D eigenvalue weighted by atomic mass is 32.1. The lowest BCUT2D eigenvalue weighted by Gasteiger charge is -2.09. The number of rotatable bonds is 7. The van der Waals surface area contributed by atoms with Crippen LogP contribution in [0, 0.1) is 4.77 Å². The van der Waals surface area contributed by atoms with Gasteiger partial charge in [0.2, 0.25) is 5.91 Å². The van der Waals surface area contributed by atoms with Crippen LogP contribution < -0.4 is 10.1 Å². The average molecular weight is 396 g/mol. The fourth-order valence-electron chi connectivity index (χ4n) is 2.25. The van der Waals surface area contributed by atoms with E-state index in [4.69, 9.17) is 12.2 Å². The lowest BCUT2D eigenvalue weighted by Crippen LogP contribution is -2.27. The molecular weight excluding hydrogens is 382 g/mol. The van der Waals surface area contributed by atoms with Crippen LogP contribution in [0.15, 0.2) is 41.8 Å². The van der Waals surface area contributed by atoms with Crippen LogP contribution in [0.2, 0.25) is 0 Å². The van der Waals surface area contributed by atoms with E-state index in [1.807, 2.05) is 17.5 Å². The van der Waals surface area contributed by atoms with Crippen molar-refractivity contribution >= 4 is 29.5 Å². The second-order valence-electron chi connectivity index (χ2n) is 5.21. The van der Waals surface area contributed by atoms with Crippen LogP contribution in [0.4, 0.5) is 8.78 Å². The van der Waals surface area contributed by atoms with Crippen molar-refractivity contribution in [2.45, 2.75) is 19.7 Å². The first-order chi connectivity index (χ1) is 12.5. The number of aromatic amines is 1. The average Bonchev–Trinajstić information content (AvgIpc) is 3.24. The summed E-state index contributed by atoms with van der Waals surface area (Å²) >= 11 is 6.69. The molecule has 0 saturated heterocycles. The van der Waals surface area contributed by atoms with Gasteiger partial charge in [0, 0.05) is 6.54 Å². The second kappa shape index (κ2) is 8.19. The Balaban J connectivity index is 1.60. The van der Waals surface area contributed by atoms with Crippen molar-refractivity contribution in [1.82, 2.24) is 20.1 Å². The molecule has 3 aromatic rings. The lowest BCUT2D eigenvalue weighted by molar-refractivity contribution is -0.121. The number of ether oxygens (including phenoxy) is 1. The van der Waals surface area contributed by atoms with Crippen molar-refractivity contribution in [3.8, 4) is 16.5 Å². The zero-order valence-electron chi connectivity index (χ0n) is 13.3. The van der Waals surface area contributed by atoms with Gasteiger partial charge in [0.25, 0.3) is 0 Å². The Morgan fingerprint density at radius 1 is 1.35 bits per heavy atom. The van der Waals surface area contributed by atoms with Gasteiger partial charge in [-0.3, -0.25) is 14.5 Å². The predicted octanol–water partition coefficient (Wildman–Crippen LogP) is 3.59. The summed E-state index contributed by atoms with van der Waals surface area (Å²) in [5, 5.41) is 11.5. The molecule has 0 fully saturated rings. The maximum atomic E-state index is 12.2. The number of H-pyrrole nitrogens is 1. The third-order valence-corrected chi connectivity index (χ3v) is 4.62. The summed E-state index contributed by atoms with van der Waals surface area (Å²) < 4.78 is 30.5. The summed E-state index contributed by atoms with van der Waals surface area (Å²) in [6.45, 7) is -2.58. The van der Waals surface area contributed by atoms with E-state index in [1.54, 1.807) is 16.7 Å². The molecule has 26 heavy (non-hydrogen) atoms. The van der Waals surface area contributed by atoms with Crippen molar-refractivity contribution < 1.29 is 18.3 Å². The number of amides is 1. The van der Waals surface area contributed by atoms with Crippen LogP contribution in [0.5, 0.6) is 5.75 Å². The molecule has 3 rings (SSSR count). The molecule has 2 aromatic heterocycles. The quantitative estimate of drug-likeness (QED) is 0.599. The third kappa shape index (κ3) is 4.52. The molecular formula is C16H14F2N4O2S2. The summed E-state index contributed by atoms with van der Waals surface area (Å²) in [6, 6.07) is 9.86. The Labute approximate surface area is 156 Å². The van der Waals surface area contributed by atoms with E-state index in [2.05, 4.69) is 20.3 Å². The van der Waals surface area contributed by atoms with E-state index in [-0.39, 0.29) is 24.7 Å². The molecule has 1 aromatic carbocycles. The number of nitrogens with one attached hydrogen (secondary N) is 2. The fourth-order valence-corrected chi connectivity index (χ4v) is 3.17. The first kappa shape index (κ1) is 18.2. The summed E-state index contributed by atoms with van der Waals surface area (Å²) in [5.74, 6) is 0.433. The highest BCUT2D eigenvalue weighted by Crippen LogP contribution is 2.22. The van der Waals surface area contributed by atoms with Crippen LogP contribution in [0.1, 0.15) is 5.56 Å². The van der Waals surface area contributed by atoms with Crippen LogP contribution in [-0.4, -0.2) is 27.3 Å². The normalized spacial score (nSPS) is 10.9. The van der Waals surface area contributed by atoms with Gasteiger partial charge in [0.1, 0.15) is 12.3 Å². The number of hydrogen-bond donors (Lipinski definition) is 2. The van der Waals surface area contributed by atoms with E-state index < -0.39 is 6.61 Å². The monoisotopic (exact) mass is 396 g/mol. The minimum Gasteiger partial charge on any atom is -0.435 e. The van der Waals surface area contributed by atoms with Gasteiger partial charge in [-0.25, -0.2) is 0 Å². The van der Waals surface area contributed by atoms with Crippen LogP contribution in [-0.2, 0) is 17.9 Å². The Morgan fingerprint density at radius 2 is 2.12 bits per heavy atom. The second-order valence-corrected chi connectivity index (χ2v) is 6.55. The molecule has 6 nitrogen and oxygen atoms in total. The van der Waals surface area contributed by atoms with Gasteiger partial charge >= 0.3 is 6.61 Å². The van der Waals surface area contributed by atoms with E-state index in [0.717, 1.165) is 10.4 Å². The van der Waals surface area contributed by atoms with Gasteiger partial charge in [-0.05, 0) is 41.4 Å². The molecule has 0 aliphatic heterocycles. The van der Waals surface area contributed by atoms with Crippen molar-refractivity contribution in [3.05, 3.63) is 52.1 Å². The van der Waals surface area contributed by atoms with Crippen molar-refractivity contribution in [2.24, 2.45) is 0 Å². The largest absolute Gasteiger partial charge is 0.435 e. The molecule has 0 bridgehead atoms.